The van der Waals surface area contributed by atoms with Crippen LogP contribution in [0.2, 0.25) is 10.0 Å². The van der Waals surface area contributed by atoms with E-state index in [1.807, 2.05) is 6.92 Å². The van der Waals surface area contributed by atoms with Crippen LogP contribution in [0.5, 0.6) is 0 Å². The van der Waals surface area contributed by atoms with Crippen molar-refractivity contribution >= 4 is 29.2 Å². The number of nitrogens with zero attached hydrogens (tertiary/aromatic N) is 1. The second-order valence-corrected chi connectivity index (χ2v) is 4.83. The molecule has 0 unspecified atom stereocenters. The lowest BCUT2D eigenvalue weighted by Crippen LogP contribution is -2.01. The fourth-order valence-corrected chi connectivity index (χ4v) is 2.08. The first-order chi connectivity index (χ1) is 9.04. The lowest BCUT2D eigenvalue weighted by molar-refractivity contribution is 0.0695. The number of rotatable bonds is 4. The van der Waals surface area contributed by atoms with Gasteiger partial charge in [0.25, 0.3) is 0 Å². The summed E-state index contributed by atoms with van der Waals surface area (Å²) in [5.74, 6) is -0.693. The van der Waals surface area contributed by atoms with E-state index in [1.54, 1.807) is 18.2 Å². The highest BCUT2D eigenvalue weighted by atomic mass is 35.5. The maximum atomic E-state index is 11.3. The molecule has 0 saturated heterocycles. The summed E-state index contributed by atoms with van der Waals surface area (Å²) in [7, 11) is 0. The number of aryl methyl sites for hydroxylation is 1. The minimum absolute atomic E-state index is 0.0836. The molecule has 2 rings (SSSR count). The summed E-state index contributed by atoms with van der Waals surface area (Å²) < 4.78 is 5.12. The summed E-state index contributed by atoms with van der Waals surface area (Å²) in [5.41, 5.74) is 0.924. The Morgan fingerprint density at radius 3 is 2.68 bits per heavy atom. The molecular formula is C13H11Cl2NO3. The van der Waals surface area contributed by atoms with Crippen LogP contribution in [0.15, 0.2) is 22.7 Å². The second-order valence-electron chi connectivity index (χ2n) is 4.01. The first-order valence-corrected chi connectivity index (χ1v) is 6.47. The third-order valence-electron chi connectivity index (χ3n) is 2.65. The Morgan fingerprint density at radius 2 is 2.11 bits per heavy atom. The van der Waals surface area contributed by atoms with Gasteiger partial charge in [0.2, 0.25) is 0 Å². The second kappa shape index (κ2) is 5.63. The molecule has 0 aliphatic rings. The summed E-state index contributed by atoms with van der Waals surface area (Å²) in [6.45, 7) is 1.94. The predicted molar refractivity (Wildman–Crippen MR) is 72.9 cm³/mol. The molecule has 0 radical (unpaired) electrons. The number of hydrogen-bond acceptors (Lipinski definition) is 3. The van der Waals surface area contributed by atoms with Crippen LogP contribution in [0.3, 0.4) is 0 Å². The van der Waals surface area contributed by atoms with Gasteiger partial charge in [-0.3, -0.25) is 0 Å². The minimum atomic E-state index is -1.06. The Morgan fingerprint density at radius 1 is 1.37 bits per heavy atom. The number of aromatic carboxylic acids is 1. The topological polar surface area (TPSA) is 63.3 Å². The molecule has 1 N–H and O–H groups in total. The van der Waals surface area contributed by atoms with Gasteiger partial charge in [-0.1, -0.05) is 41.3 Å². The van der Waals surface area contributed by atoms with Crippen molar-refractivity contribution < 1.29 is 14.4 Å². The predicted octanol–water partition coefficient (Wildman–Crippen LogP) is 4.30. The lowest BCUT2D eigenvalue weighted by Gasteiger charge is -2.01. The average Bonchev–Trinajstić information content (AvgIpc) is 2.77. The summed E-state index contributed by atoms with van der Waals surface area (Å²) in [4.78, 5) is 11.3. The number of carbonyl (C=O) groups is 1. The van der Waals surface area contributed by atoms with Crippen LogP contribution >= 0.6 is 23.2 Å². The highest BCUT2D eigenvalue weighted by Crippen LogP contribution is 2.31. The smallest absolute Gasteiger partial charge is 0.341 e. The van der Waals surface area contributed by atoms with Crippen LogP contribution in [-0.4, -0.2) is 16.2 Å². The van der Waals surface area contributed by atoms with E-state index < -0.39 is 5.97 Å². The number of hydrogen-bond donors (Lipinski definition) is 1. The third kappa shape index (κ3) is 2.74. The molecule has 6 heteroatoms. The normalized spacial score (nSPS) is 10.7. The van der Waals surface area contributed by atoms with Gasteiger partial charge in [0, 0.05) is 12.0 Å². The SMILES string of the molecule is CCCc1onc(-c2ccc(Cl)c(Cl)c2)c1C(=O)O. The summed E-state index contributed by atoms with van der Waals surface area (Å²) in [6, 6.07) is 4.83. The first kappa shape index (κ1) is 13.9. The van der Waals surface area contributed by atoms with Crippen LogP contribution in [0.4, 0.5) is 0 Å². The highest BCUT2D eigenvalue weighted by molar-refractivity contribution is 6.42. The quantitative estimate of drug-likeness (QED) is 0.914. The zero-order valence-corrected chi connectivity index (χ0v) is 11.6. The fourth-order valence-electron chi connectivity index (χ4n) is 1.78. The number of aromatic nitrogens is 1. The van der Waals surface area contributed by atoms with Crippen molar-refractivity contribution in [2.45, 2.75) is 19.8 Å². The van der Waals surface area contributed by atoms with Crippen molar-refractivity contribution in [2.24, 2.45) is 0 Å². The van der Waals surface area contributed by atoms with Crippen LogP contribution in [0.25, 0.3) is 11.3 Å². The summed E-state index contributed by atoms with van der Waals surface area (Å²) >= 11 is 11.8. The summed E-state index contributed by atoms with van der Waals surface area (Å²) in [6.07, 6.45) is 1.30. The summed E-state index contributed by atoms with van der Waals surface area (Å²) in [5, 5.41) is 13.9. The molecule has 0 fully saturated rings. The number of benzene rings is 1. The van der Waals surface area contributed by atoms with Crippen molar-refractivity contribution in [2.75, 3.05) is 0 Å². The molecule has 0 atom stereocenters. The van der Waals surface area contributed by atoms with E-state index in [2.05, 4.69) is 5.16 Å². The molecule has 0 aliphatic carbocycles. The molecule has 4 nitrogen and oxygen atoms in total. The van der Waals surface area contributed by atoms with Gasteiger partial charge in [-0.05, 0) is 18.6 Å². The van der Waals surface area contributed by atoms with E-state index in [-0.39, 0.29) is 11.3 Å². The van der Waals surface area contributed by atoms with Crippen molar-refractivity contribution in [3.8, 4) is 11.3 Å². The highest BCUT2D eigenvalue weighted by Gasteiger charge is 2.23. The molecule has 2 aromatic rings. The standard InChI is InChI=1S/C13H11Cl2NO3/c1-2-3-10-11(13(17)18)12(16-19-10)7-4-5-8(14)9(15)6-7/h4-6H,2-3H2,1H3,(H,17,18). The van der Waals surface area contributed by atoms with Crippen molar-refractivity contribution in [3.05, 3.63) is 39.6 Å². The molecule has 0 bridgehead atoms. The Balaban J connectivity index is 2.55. The van der Waals surface area contributed by atoms with Gasteiger partial charge in [-0.25, -0.2) is 4.79 Å². The number of carboxylic acids is 1. The van der Waals surface area contributed by atoms with Gasteiger partial charge in [0.05, 0.1) is 10.0 Å². The molecule has 1 heterocycles. The van der Waals surface area contributed by atoms with E-state index in [0.717, 1.165) is 6.42 Å². The zero-order chi connectivity index (χ0) is 14.0. The molecule has 1 aromatic heterocycles. The van der Waals surface area contributed by atoms with Gasteiger partial charge >= 0.3 is 5.97 Å². The van der Waals surface area contributed by atoms with E-state index in [1.165, 1.54) is 0 Å². The van der Waals surface area contributed by atoms with Crippen molar-refractivity contribution in [1.29, 1.82) is 0 Å². The fraction of sp³-hybridized carbons (Fsp3) is 0.231. The average molecular weight is 300 g/mol. The van der Waals surface area contributed by atoms with Gasteiger partial charge < -0.3 is 9.63 Å². The first-order valence-electron chi connectivity index (χ1n) is 5.71. The van der Waals surface area contributed by atoms with Gasteiger partial charge in [-0.2, -0.15) is 0 Å². The van der Waals surface area contributed by atoms with E-state index in [0.29, 0.717) is 27.8 Å². The maximum absolute atomic E-state index is 11.3. The van der Waals surface area contributed by atoms with Crippen LogP contribution in [-0.2, 0) is 6.42 Å². The number of carboxylic acid groups (broad SMARTS) is 1. The van der Waals surface area contributed by atoms with Gasteiger partial charge in [0.1, 0.15) is 11.3 Å². The van der Waals surface area contributed by atoms with E-state index in [9.17, 15) is 9.90 Å². The molecule has 0 saturated carbocycles. The van der Waals surface area contributed by atoms with Crippen molar-refractivity contribution in [1.82, 2.24) is 5.16 Å². The molecule has 0 spiro atoms. The Labute approximate surface area is 119 Å². The van der Waals surface area contributed by atoms with E-state index >= 15 is 0 Å². The molecule has 0 amide bonds. The van der Waals surface area contributed by atoms with Crippen LogP contribution < -0.4 is 0 Å². The Kier molecular flexibility index (Phi) is 4.12. The minimum Gasteiger partial charge on any atom is -0.477 e. The Bertz CT molecular complexity index is 622. The Hall–Kier alpha value is -1.52. The monoisotopic (exact) mass is 299 g/mol. The molecule has 0 aliphatic heterocycles. The largest absolute Gasteiger partial charge is 0.477 e. The van der Waals surface area contributed by atoms with Crippen molar-refractivity contribution in [3.63, 3.8) is 0 Å². The maximum Gasteiger partial charge on any atom is 0.341 e. The molecule has 100 valence electrons. The molecular weight excluding hydrogens is 289 g/mol. The van der Waals surface area contributed by atoms with Crippen LogP contribution in [0.1, 0.15) is 29.5 Å². The van der Waals surface area contributed by atoms with Gasteiger partial charge in [0.15, 0.2) is 5.76 Å². The molecule has 19 heavy (non-hydrogen) atoms. The number of halogens is 2. The van der Waals surface area contributed by atoms with E-state index in [4.69, 9.17) is 27.7 Å². The van der Waals surface area contributed by atoms with Crippen LogP contribution in [0, 0.1) is 0 Å². The van der Waals surface area contributed by atoms with Gasteiger partial charge in [-0.15, -0.1) is 0 Å². The molecule has 1 aromatic carbocycles. The third-order valence-corrected chi connectivity index (χ3v) is 3.39. The zero-order valence-electron chi connectivity index (χ0n) is 10.1. The lowest BCUT2D eigenvalue weighted by atomic mass is 10.0.